The van der Waals surface area contributed by atoms with Gasteiger partial charge in [-0.05, 0) is 65.7 Å². The fraction of sp³-hybridized carbons (Fsp3) is 0. The highest BCUT2D eigenvalue weighted by atomic mass is 14.2. The maximum absolute atomic E-state index is 2.32. The number of fused-ring (bicyclic) bond motifs is 3. The summed E-state index contributed by atoms with van der Waals surface area (Å²) in [6, 6.07) is 50.8. The van der Waals surface area contributed by atoms with E-state index in [4.69, 9.17) is 0 Å². The highest BCUT2D eigenvalue weighted by Gasteiger charge is 2.20. The molecular formula is C36H25B. The van der Waals surface area contributed by atoms with Gasteiger partial charge in [-0.1, -0.05) is 145 Å². The van der Waals surface area contributed by atoms with Crippen molar-refractivity contribution < 1.29 is 0 Å². The summed E-state index contributed by atoms with van der Waals surface area (Å²) in [5.74, 6) is 0. The lowest BCUT2D eigenvalue weighted by Gasteiger charge is -2.22. The lowest BCUT2D eigenvalue weighted by Crippen LogP contribution is -2.10. The normalized spacial score (nSPS) is 11.4. The van der Waals surface area contributed by atoms with Gasteiger partial charge in [-0.2, -0.15) is 0 Å². The summed E-state index contributed by atoms with van der Waals surface area (Å²) in [5.41, 5.74) is 8.96. The van der Waals surface area contributed by atoms with Crippen molar-refractivity contribution in [2.45, 2.75) is 0 Å². The topological polar surface area (TPSA) is 0 Å². The zero-order chi connectivity index (χ0) is 24.8. The molecule has 7 aromatic rings. The average molecular weight is 468 g/mol. The van der Waals surface area contributed by atoms with Crippen LogP contribution >= 0.6 is 0 Å². The number of rotatable bonds is 3. The summed E-state index contributed by atoms with van der Waals surface area (Å²) in [5, 5.41) is 7.62. The SMILES string of the molecule is Bc1ccc(-c2cccc3ccccc23)c(-c2cccc3ccccc23)c1-c1cccc2ccccc12. The molecule has 0 saturated heterocycles. The third kappa shape index (κ3) is 3.55. The van der Waals surface area contributed by atoms with Gasteiger partial charge in [0.2, 0.25) is 0 Å². The van der Waals surface area contributed by atoms with Gasteiger partial charge in [0, 0.05) is 0 Å². The Bertz CT molecular complexity index is 1930. The average Bonchev–Trinajstić information content (AvgIpc) is 2.96. The molecule has 0 nitrogen and oxygen atoms in total. The molecule has 0 aromatic heterocycles. The molecule has 0 amide bonds. The first-order valence-electron chi connectivity index (χ1n) is 12.9. The molecule has 0 spiro atoms. The fourth-order valence-electron chi connectivity index (χ4n) is 5.91. The van der Waals surface area contributed by atoms with E-state index in [1.165, 1.54) is 71.2 Å². The minimum atomic E-state index is 1.26. The van der Waals surface area contributed by atoms with Gasteiger partial charge in [0.25, 0.3) is 0 Å². The highest BCUT2D eigenvalue weighted by molar-refractivity contribution is 6.38. The Hall–Kier alpha value is -4.62. The van der Waals surface area contributed by atoms with E-state index in [1.54, 1.807) is 0 Å². The van der Waals surface area contributed by atoms with Gasteiger partial charge in [0.1, 0.15) is 7.85 Å². The van der Waals surface area contributed by atoms with Crippen LogP contribution in [0.25, 0.3) is 65.7 Å². The lowest BCUT2D eigenvalue weighted by atomic mass is 9.77. The van der Waals surface area contributed by atoms with Crippen LogP contribution in [0.5, 0.6) is 0 Å². The Labute approximate surface area is 218 Å². The van der Waals surface area contributed by atoms with Gasteiger partial charge in [0.05, 0.1) is 0 Å². The van der Waals surface area contributed by atoms with Crippen molar-refractivity contribution in [2.75, 3.05) is 0 Å². The predicted octanol–water partition coefficient (Wildman–Crippen LogP) is 8.41. The minimum absolute atomic E-state index is 1.26. The molecule has 7 rings (SSSR count). The predicted molar refractivity (Wildman–Crippen MR) is 163 cm³/mol. The number of hydrogen-bond acceptors (Lipinski definition) is 0. The molecule has 0 saturated carbocycles. The van der Waals surface area contributed by atoms with Crippen molar-refractivity contribution in [1.82, 2.24) is 0 Å². The van der Waals surface area contributed by atoms with Crippen molar-refractivity contribution in [3.63, 3.8) is 0 Å². The molecule has 7 aromatic carbocycles. The molecule has 0 unspecified atom stereocenters. The van der Waals surface area contributed by atoms with Crippen molar-refractivity contribution >= 4 is 45.6 Å². The van der Waals surface area contributed by atoms with Gasteiger partial charge in [-0.25, -0.2) is 0 Å². The molecule has 0 N–H and O–H groups in total. The molecule has 0 aliphatic rings. The molecule has 0 aliphatic heterocycles. The van der Waals surface area contributed by atoms with E-state index < -0.39 is 0 Å². The molecule has 1 heteroatoms. The summed E-state index contributed by atoms with van der Waals surface area (Å²) in [7, 11) is 2.25. The molecule has 0 bridgehead atoms. The lowest BCUT2D eigenvalue weighted by molar-refractivity contribution is 1.62. The van der Waals surface area contributed by atoms with Crippen LogP contribution in [-0.4, -0.2) is 7.85 Å². The Morgan fingerprint density at radius 1 is 0.297 bits per heavy atom. The Balaban J connectivity index is 1.67. The maximum atomic E-state index is 2.32. The first-order valence-corrected chi connectivity index (χ1v) is 12.9. The number of benzene rings is 7. The van der Waals surface area contributed by atoms with Crippen LogP contribution in [0, 0.1) is 0 Å². The second-order valence-corrected chi connectivity index (χ2v) is 9.76. The fourth-order valence-corrected chi connectivity index (χ4v) is 5.91. The Morgan fingerprint density at radius 3 is 1.24 bits per heavy atom. The summed E-state index contributed by atoms with van der Waals surface area (Å²) in [6.45, 7) is 0. The summed E-state index contributed by atoms with van der Waals surface area (Å²) in [6.07, 6.45) is 0. The molecule has 0 atom stereocenters. The van der Waals surface area contributed by atoms with E-state index in [2.05, 4.69) is 147 Å². The maximum Gasteiger partial charge on any atom is 0.140 e. The van der Waals surface area contributed by atoms with Crippen LogP contribution in [0.4, 0.5) is 0 Å². The highest BCUT2D eigenvalue weighted by Crippen LogP contribution is 2.44. The molecule has 0 fully saturated rings. The standard InChI is InChI=1S/C36H25B/c37-34-23-22-33(30-19-7-13-24-10-1-4-16-27(24)30)35(31-20-8-14-25-11-2-5-17-28(25)31)36(34)32-21-9-15-26-12-3-6-18-29(26)32/h1-23H,37H2. The van der Waals surface area contributed by atoms with Gasteiger partial charge in [-0.3, -0.25) is 0 Å². The Morgan fingerprint density at radius 2 is 0.703 bits per heavy atom. The van der Waals surface area contributed by atoms with Gasteiger partial charge < -0.3 is 0 Å². The molecule has 0 heterocycles. The summed E-state index contributed by atoms with van der Waals surface area (Å²) < 4.78 is 0. The van der Waals surface area contributed by atoms with Gasteiger partial charge >= 0.3 is 0 Å². The monoisotopic (exact) mass is 468 g/mol. The third-order valence-corrected chi connectivity index (χ3v) is 7.61. The van der Waals surface area contributed by atoms with E-state index in [0.29, 0.717) is 0 Å². The summed E-state index contributed by atoms with van der Waals surface area (Å²) >= 11 is 0. The van der Waals surface area contributed by atoms with Crippen molar-refractivity contribution in [1.29, 1.82) is 0 Å². The van der Waals surface area contributed by atoms with E-state index in [9.17, 15) is 0 Å². The first kappa shape index (κ1) is 21.7. The van der Waals surface area contributed by atoms with E-state index in [0.717, 1.165) is 0 Å². The van der Waals surface area contributed by atoms with E-state index >= 15 is 0 Å². The molecule has 0 radical (unpaired) electrons. The van der Waals surface area contributed by atoms with Crippen LogP contribution in [0.2, 0.25) is 0 Å². The van der Waals surface area contributed by atoms with Crippen LogP contribution < -0.4 is 5.46 Å². The zero-order valence-electron chi connectivity index (χ0n) is 20.8. The van der Waals surface area contributed by atoms with Crippen molar-refractivity contribution in [3.8, 4) is 33.4 Å². The minimum Gasteiger partial charge on any atom is -0.0806 e. The van der Waals surface area contributed by atoms with Gasteiger partial charge in [0.15, 0.2) is 0 Å². The third-order valence-electron chi connectivity index (χ3n) is 7.61. The van der Waals surface area contributed by atoms with Crippen LogP contribution in [0.1, 0.15) is 0 Å². The quantitative estimate of drug-likeness (QED) is 0.228. The molecular weight excluding hydrogens is 443 g/mol. The van der Waals surface area contributed by atoms with E-state index in [-0.39, 0.29) is 0 Å². The Kier molecular flexibility index (Phi) is 5.15. The largest absolute Gasteiger partial charge is 0.140 e. The summed E-state index contributed by atoms with van der Waals surface area (Å²) in [4.78, 5) is 0. The van der Waals surface area contributed by atoms with Crippen LogP contribution in [-0.2, 0) is 0 Å². The first-order chi connectivity index (χ1) is 18.3. The smallest absolute Gasteiger partial charge is 0.0806 e. The van der Waals surface area contributed by atoms with Gasteiger partial charge in [-0.15, -0.1) is 0 Å². The van der Waals surface area contributed by atoms with Crippen LogP contribution in [0.3, 0.4) is 0 Å². The molecule has 0 aliphatic carbocycles. The molecule has 172 valence electrons. The van der Waals surface area contributed by atoms with Crippen molar-refractivity contribution in [3.05, 3.63) is 140 Å². The zero-order valence-corrected chi connectivity index (χ0v) is 20.8. The second kappa shape index (κ2) is 8.80. The number of hydrogen-bond donors (Lipinski definition) is 0. The van der Waals surface area contributed by atoms with Crippen LogP contribution in [0.15, 0.2) is 140 Å². The van der Waals surface area contributed by atoms with Crippen molar-refractivity contribution in [2.24, 2.45) is 0 Å². The van der Waals surface area contributed by atoms with E-state index in [1.807, 2.05) is 0 Å². The second-order valence-electron chi connectivity index (χ2n) is 9.76. The molecule has 37 heavy (non-hydrogen) atoms.